The molecular formula is C20H29NO2Si. The number of rotatable bonds is 3. The zero-order valence-corrected chi connectivity index (χ0v) is 16.8. The highest BCUT2D eigenvalue weighted by molar-refractivity contribution is 6.83. The maximum absolute atomic E-state index is 12.4. The molecule has 0 atom stereocenters. The van der Waals surface area contributed by atoms with Crippen LogP contribution in [0.3, 0.4) is 0 Å². The van der Waals surface area contributed by atoms with Gasteiger partial charge in [0, 0.05) is 18.2 Å². The molecule has 0 spiro atoms. The van der Waals surface area contributed by atoms with Crippen LogP contribution in [0.4, 0.5) is 4.79 Å². The summed E-state index contributed by atoms with van der Waals surface area (Å²) in [5.41, 5.74) is 5.07. The van der Waals surface area contributed by atoms with E-state index in [4.69, 9.17) is 4.74 Å². The Morgan fingerprint density at radius 1 is 1.21 bits per heavy atom. The number of hydrogen-bond donors (Lipinski definition) is 0. The second-order valence-electron chi connectivity index (χ2n) is 8.54. The Hall–Kier alpha value is -1.73. The van der Waals surface area contributed by atoms with Crippen molar-refractivity contribution in [3.05, 3.63) is 35.4 Å². The van der Waals surface area contributed by atoms with Crippen LogP contribution in [-0.2, 0) is 11.3 Å². The van der Waals surface area contributed by atoms with E-state index in [1.165, 1.54) is 0 Å². The topological polar surface area (TPSA) is 29.5 Å². The maximum atomic E-state index is 12.4. The normalized spacial score (nSPS) is 14.6. The Bertz CT molecular complexity index is 637. The van der Waals surface area contributed by atoms with Gasteiger partial charge in [0.2, 0.25) is 0 Å². The summed E-state index contributed by atoms with van der Waals surface area (Å²) >= 11 is 0. The van der Waals surface area contributed by atoms with Crippen LogP contribution < -0.4 is 0 Å². The summed E-state index contributed by atoms with van der Waals surface area (Å²) in [5, 5.41) is 0. The summed E-state index contributed by atoms with van der Waals surface area (Å²) < 4.78 is 5.54. The summed E-state index contributed by atoms with van der Waals surface area (Å²) in [5.74, 6) is 3.26. The van der Waals surface area contributed by atoms with Crippen molar-refractivity contribution in [2.75, 3.05) is 0 Å². The lowest BCUT2D eigenvalue weighted by atomic mass is 10.1. The molecule has 1 saturated carbocycles. The van der Waals surface area contributed by atoms with E-state index >= 15 is 0 Å². The molecule has 1 amide bonds. The Morgan fingerprint density at radius 2 is 1.79 bits per heavy atom. The zero-order valence-electron chi connectivity index (χ0n) is 15.8. The highest BCUT2D eigenvalue weighted by Gasteiger charge is 2.35. The molecule has 0 unspecified atom stereocenters. The van der Waals surface area contributed by atoms with Gasteiger partial charge in [-0.1, -0.05) is 37.7 Å². The minimum atomic E-state index is -1.35. The number of nitrogens with zero attached hydrogens (tertiary/aromatic N) is 1. The minimum absolute atomic E-state index is 0.215. The zero-order chi connectivity index (χ0) is 18.0. The molecule has 0 aliphatic heterocycles. The first-order valence-corrected chi connectivity index (χ1v) is 12.2. The van der Waals surface area contributed by atoms with E-state index in [9.17, 15) is 4.79 Å². The summed E-state index contributed by atoms with van der Waals surface area (Å²) in [6, 6.07) is 8.54. The van der Waals surface area contributed by atoms with Gasteiger partial charge in [-0.15, -0.1) is 5.54 Å². The molecule has 1 aromatic rings. The number of hydrogen-bond acceptors (Lipinski definition) is 2. The quantitative estimate of drug-likeness (QED) is 0.582. The van der Waals surface area contributed by atoms with Gasteiger partial charge in [0.05, 0.1) is 0 Å². The van der Waals surface area contributed by atoms with Crippen LogP contribution in [0, 0.1) is 11.5 Å². The predicted octanol–water partition coefficient (Wildman–Crippen LogP) is 4.82. The van der Waals surface area contributed by atoms with Crippen molar-refractivity contribution in [1.29, 1.82) is 0 Å². The third-order valence-corrected chi connectivity index (χ3v) is 4.38. The van der Waals surface area contributed by atoms with Crippen LogP contribution in [0.2, 0.25) is 19.6 Å². The predicted molar refractivity (Wildman–Crippen MR) is 101 cm³/mol. The van der Waals surface area contributed by atoms with Crippen molar-refractivity contribution >= 4 is 14.2 Å². The van der Waals surface area contributed by atoms with Crippen LogP contribution in [0.1, 0.15) is 44.7 Å². The van der Waals surface area contributed by atoms with Crippen molar-refractivity contribution in [1.82, 2.24) is 4.90 Å². The van der Waals surface area contributed by atoms with Crippen molar-refractivity contribution < 1.29 is 9.53 Å². The number of benzene rings is 1. The van der Waals surface area contributed by atoms with Gasteiger partial charge in [0.25, 0.3) is 0 Å². The molecule has 24 heavy (non-hydrogen) atoms. The summed E-state index contributed by atoms with van der Waals surface area (Å²) in [6.07, 6.45) is 1.92. The van der Waals surface area contributed by atoms with Crippen LogP contribution >= 0.6 is 0 Å². The highest BCUT2D eigenvalue weighted by Crippen LogP contribution is 2.30. The molecule has 1 aromatic carbocycles. The number of ether oxygens (including phenoxy) is 1. The van der Waals surface area contributed by atoms with Gasteiger partial charge in [-0.05, 0) is 51.3 Å². The third kappa shape index (κ3) is 6.41. The highest BCUT2D eigenvalue weighted by atomic mass is 28.3. The monoisotopic (exact) mass is 343 g/mol. The number of carbonyl (C=O) groups excluding carboxylic acids is 1. The average Bonchev–Trinajstić information content (AvgIpc) is 3.25. The van der Waals surface area contributed by atoms with Gasteiger partial charge in [-0.3, -0.25) is 0 Å². The molecule has 3 nitrogen and oxygen atoms in total. The van der Waals surface area contributed by atoms with Gasteiger partial charge in [-0.2, -0.15) is 0 Å². The molecule has 0 N–H and O–H groups in total. The Morgan fingerprint density at radius 3 is 2.25 bits per heavy atom. The number of amides is 1. The Labute approximate surface area is 147 Å². The summed E-state index contributed by atoms with van der Waals surface area (Å²) in [4.78, 5) is 14.3. The van der Waals surface area contributed by atoms with Crippen LogP contribution in [0.15, 0.2) is 24.3 Å². The van der Waals surface area contributed by atoms with Crippen molar-refractivity contribution in [2.24, 2.45) is 0 Å². The summed E-state index contributed by atoms with van der Waals surface area (Å²) in [6.45, 7) is 13.0. The maximum Gasteiger partial charge on any atom is 0.410 e. The van der Waals surface area contributed by atoms with E-state index < -0.39 is 13.7 Å². The van der Waals surface area contributed by atoms with Gasteiger partial charge >= 0.3 is 6.09 Å². The molecule has 4 heteroatoms. The van der Waals surface area contributed by atoms with E-state index in [1.54, 1.807) is 0 Å². The second-order valence-corrected chi connectivity index (χ2v) is 13.3. The lowest BCUT2D eigenvalue weighted by molar-refractivity contribution is 0.0216. The molecule has 0 heterocycles. The fourth-order valence-electron chi connectivity index (χ4n) is 2.20. The molecule has 0 radical (unpaired) electrons. The Balaban J connectivity index is 2.05. The lowest BCUT2D eigenvalue weighted by Gasteiger charge is -2.27. The van der Waals surface area contributed by atoms with Crippen LogP contribution in [-0.4, -0.2) is 30.7 Å². The molecular weight excluding hydrogens is 314 g/mol. The van der Waals surface area contributed by atoms with Crippen molar-refractivity contribution in [2.45, 2.75) is 71.4 Å². The van der Waals surface area contributed by atoms with E-state index in [2.05, 4.69) is 43.2 Å². The van der Waals surface area contributed by atoms with Gasteiger partial charge in [-0.25, -0.2) is 4.79 Å². The SMILES string of the molecule is CC(C)(C)OC(=O)N(Cc1ccc(C#C[Si](C)(C)C)cc1)C1CC1. The van der Waals surface area contributed by atoms with Crippen LogP contribution in [0.5, 0.6) is 0 Å². The third-order valence-electron chi connectivity index (χ3n) is 3.50. The van der Waals surface area contributed by atoms with Gasteiger partial charge < -0.3 is 9.64 Å². The van der Waals surface area contributed by atoms with E-state index in [1.807, 2.05) is 37.8 Å². The largest absolute Gasteiger partial charge is 0.444 e. The Kier molecular flexibility index (Phi) is 5.44. The van der Waals surface area contributed by atoms with Crippen LogP contribution in [0.25, 0.3) is 0 Å². The van der Waals surface area contributed by atoms with E-state index in [-0.39, 0.29) is 6.09 Å². The standard InChI is InChI=1S/C20H29NO2Si/c1-20(2,3)23-19(22)21(18-11-12-18)15-17-9-7-16(8-10-17)13-14-24(4,5)6/h7-10,18H,11-12,15H2,1-6H3. The average molecular weight is 344 g/mol. The molecule has 0 saturated heterocycles. The van der Waals surface area contributed by atoms with Crippen molar-refractivity contribution in [3.8, 4) is 11.5 Å². The van der Waals surface area contributed by atoms with Gasteiger partial charge in [0.15, 0.2) is 0 Å². The van der Waals surface area contributed by atoms with Crippen molar-refractivity contribution in [3.63, 3.8) is 0 Å². The molecule has 1 aliphatic carbocycles. The first kappa shape index (κ1) is 18.6. The smallest absolute Gasteiger partial charge is 0.410 e. The minimum Gasteiger partial charge on any atom is -0.444 e. The van der Waals surface area contributed by atoms with E-state index in [0.717, 1.165) is 24.0 Å². The molecule has 1 fully saturated rings. The molecule has 1 aliphatic rings. The fourth-order valence-corrected chi connectivity index (χ4v) is 2.72. The molecule has 0 bridgehead atoms. The first-order valence-electron chi connectivity index (χ1n) is 8.65. The fraction of sp³-hybridized carbons (Fsp3) is 0.550. The summed E-state index contributed by atoms with van der Waals surface area (Å²) in [7, 11) is -1.35. The molecule has 0 aromatic heterocycles. The second kappa shape index (κ2) is 7.02. The van der Waals surface area contributed by atoms with E-state index in [0.29, 0.717) is 12.6 Å². The first-order chi connectivity index (χ1) is 11.0. The number of carbonyl (C=O) groups is 1. The van der Waals surface area contributed by atoms with Gasteiger partial charge in [0.1, 0.15) is 13.7 Å². The molecule has 130 valence electrons. The lowest BCUT2D eigenvalue weighted by Crippen LogP contribution is -2.37. The molecule has 2 rings (SSSR count).